The number of nitrogens with one attached hydrogen (secondary N) is 2. The average molecular weight is 317 g/mol. The van der Waals surface area contributed by atoms with Gasteiger partial charge in [-0.15, -0.1) is 0 Å². The summed E-state index contributed by atoms with van der Waals surface area (Å²) in [5.74, 6) is 0.136. The molecule has 20 heavy (non-hydrogen) atoms. The molecule has 1 aromatic carbocycles. The molecule has 2 rings (SSSR count). The molecule has 1 aromatic rings. The summed E-state index contributed by atoms with van der Waals surface area (Å²) in [5.41, 5.74) is 1.32. The van der Waals surface area contributed by atoms with Gasteiger partial charge in [0, 0.05) is 11.1 Å². The Hall–Kier alpha value is -0.780. The summed E-state index contributed by atoms with van der Waals surface area (Å²) in [7, 11) is -3.32. The molecule has 1 heterocycles. The molecule has 0 aromatic heterocycles. The maximum absolute atomic E-state index is 12.1. The van der Waals surface area contributed by atoms with Gasteiger partial charge >= 0.3 is 0 Å². The SMILES string of the molecule is Cc1c(Cl)cccc1NS(=O)(=O)CCC1CCCCN1. The van der Waals surface area contributed by atoms with E-state index in [1.807, 2.05) is 6.92 Å². The van der Waals surface area contributed by atoms with Gasteiger partial charge in [-0.1, -0.05) is 24.1 Å². The van der Waals surface area contributed by atoms with E-state index in [1.54, 1.807) is 18.2 Å². The molecule has 1 atom stereocenters. The minimum Gasteiger partial charge on any atom is -0.314 e. The summed E-state index contributed by atoms with van der Waals surface area (Å²) >= 11 is 6.00. The van der Waals surface area contributed by atoms with Crippen molar-refractivity contribution >= 4 is 27.3 Å². The Morgan fingerprint density at radius 2 is 2.20 bits per heavy atom. The molecule has 4 nitrogen and oxygen atoms in total. The summed E-state index contributed by atoms with van der Waals surface area (Å²) in [6.45, 7) is 2.80. The standard InChI is InChI=1S/C14H21ClN2O2S/c1-11-13(15)6-4-7-14(11)17-20(18,19)10-8-12-5-2-3-9-16-12/h4,6-7,12,16-17H,2-3,5,8-10H2,1H3. The molecule has 112 valence electrons. The zero-order chi connectivity index (χ0) is 14.6. The highest BCUT2D eigenvalue weighted by Crippen LogP contribution is 2.24. The Morgan fingerprint density at radius 1 is 1.40 bits per heavy atom. The van der Waals surface area contributed by atoms with E-state index in [0.29, 0.717) is 23.2 Å². The minimum absolute atomic E-state index is 0.136. The molecule has 0 spiro atoms. The summed E-state index contributed by atoms with van der Waals surface area (Å²) in [4.78, 5) is 0. The van der Waals surface area contributed by atoms with Gasteiger partial charge in [0.1, 0.15) is 0 Å². The molecular weight excluding hydrogens is 296 g/mol. The zero-order valence-electron chi connectivity index (χ0n) is 11.7. The van der Waals surface area contributed by atoms with Gasteiger partial charge in [0.2, 0.25) is 10.0 Å². The average Bonchev–Trinajstić information content (AvgIpc) is 2.43. The van der Waals surface area contributed by atoms with Gasteiger partial charge in [-0.3, -0.25) is 4.72 Å². The summed E-state index contributed by atoms with van der Waals surface area (Å²) in [6, 6.07) is 5.55. The second-order valence-corrected chi connectivity index (χ2v) is 7.52. The second-order valence-electron chi connectivity index (χ2n) is 5.27. The van der Waals surface area contributed by atoms with Crippen LogP contribution in [0.3, 0.4) is 0 Å². The van der Waals surface area contributed by atoms with Gasteiger partial charge in [0.15, 0.2) is 0 Å². The summed E-state index contributed by atoms with van der Waals surface area (Å²) < 4.78 is 26.9. The van der Waals surface area contributed by atoms with Crippen LogP contribution in [-0.2, 0) is 10.0 Å². The predicted octanol–water partition coefficient (Wildman–Crippen LogP) is 2.92. The normalized spacial score (nSPS) is 19.8. The Balaban J connectivity index is 1.94. The topological polar surface area (TPSA) is 58.2 Å². The van der Waals surface area contributed by atoms with Gasteiger partial charge < -0.3 is 5.32 Å². The van der Waals surface area contributed by atoms with Crippen LogP contribution >= 0.6 is 11.6 Å². The number of hydrogen-bond donors (Lipinski definition) is 2. The van der Waals surface area contributed by atoms with Crippen molar-refractivity contribution in [3.05, 3.63) is 28.8 Å². The number of rotatable bonds is 5. The zero-order valence-corrected chi connectivity index (χ0v) is 13.2. The second kappa shape index (κ2) is 6.78. The van der Waals surface area contributed by atoms with E-state index in [0.717, 1.165) is 18.5 Å². The number of hydrogen-bond acceptors (Lipinski definition) is 3. The van der Waals surface area contributed by atoms with E-state index >= 15 is 0 Å². The van der Waals surface area contributed by atoms with Gasteiger partial charge in [0.05, 0.1) is 11.4 Å². The maximum atomic E-state index is 12.1. The molecule has 0 aliphatic carbocycles. The van der Waals surface area contributed by atoms with Crippen LogP contribution in [0.2, 0.25) is 5.02 Å². The quantitative estimate of drug-likeness (QED) is 0.878. The molecule has 1 aliphatic heterocycles. The van der Waals surface area contributed by atoms with E-state index in [2.05, 4.69) is 10.0 Å². The van der Waals surface area contributed by atoms with Crippen molar-refractivity contribution in [1.29, 1.82) is 0 Å². The van der Waals surface area contributed by atoms with Gasteiger partial charge in [-0.2, -0.15) is 0 Å². The minimum atomic E-state index is -3.32. The molecule has 1 fully saturated rings. The van der Waals surface area contributed by atoms with Gasteiger partial charge in [-0.05, 0) is 50.4 Å². The highest BCUT2D eigenvalue weighted by atomic mass is 35.5. The Morgan fingerprint density at radius 3 is 2.90 bits per heavy atom. The predicted molar refractivity (Wildman–Crippen MR) is 83.9 cm³/mol. The van der Waals surface area contributed by atoms with Crippen molar-refractivity contribution in [2.75, 3.05) is 17.0 Å². The molecule has 1 aliphatic rings. The Bertz CT molecular complexity index is 554. The van der Waals surface area contributed by atoms with E-state index in [1.165, 1.54) is 12.8 Å². The number of piperidine rings is 1. The molecule has 1 unspecified atom stereocenters. The lowest BCUT2D eigenvalue weighted by Crippen LogP contribution is -2.36. The van der Waals surface area contributed by atoms with Crippen molar-refractivity contribution in [1.82, 2.24) is 5.32 Å². The van der Waals surface area contributed by atoms with Crippen LogP contribution in [0.1, 0.15) is 31.2 Å². The van der Waals surface area contributed by atoms with Gasteiger partial charge in [-0.25, -0.2) is 8.42 Å². The largest absolute Gasteiger partial charge is 0.314 e. The third kappa shape index (κ3) is 4.36. The van der Waals surface area contributed by atoms with Crippen LogP contribution in [0.15, 0.2) is 18.2 Å². The van der Waals surface area contributed by atoms with Gasteiger partial charge in [0.25, 0.3) is 0 Å². The molecule has 0 saturated carbocycles. The summed E-state index contributed by atoms with van der Waals surface area (Å²) in [5, 5.41) is 3.93. The first-order valence-corrected chi connectivity index (χ1v) is 9.00. The molecular formula is C14H21ClN2O2S. The Labute approximate surface area is 126 Å². The van der Waals surface area contributed by atoms with E-state index in [4.69, 9.17) is 11.6 Å². The first-order chi connectivity index (χ1) is 9.48. The highest BCUT2D eigenvalue weighted by molar-refractivity contribution is 7.92. The number of halogens is 1. The van der Waals surface area contributed by atoms with Crippen LogP contribution in [-0.4, -0.2) is 26.8 Å². The smallest absolute Gasteiger partial charge is 0.232 e. The molecule has 0 radical (unpaired) electrons. The lowest BCUT2D eigenvalue weighted by molar-refractivity contribution is 0.393. The number of benzene rings is 1. The molecule has 2 N–H and O–H groups in total. The van der Waals surface area contributed by atoms with Crippen molar-refractivity contribution < 1.29 is 8.42 Å². The molecule has 1 saturated heterocycles. The third-order valence-electron chi connectivity index (χ3n) is 3.68. The third-order valence-corrected chi connectivity index (χ3v) is 5.39. The van der Waals surface area contributed by atoms with Crippen LogP contribution in [0.25, 0.3) is 0 Å². The van der Waals surface area contributed by atoms with E-state index in [-0.39, 0.29) is 5.75 Å². The molecule has 0 bridgehead atoms. The fourth-order valence-electron chi connectivity index (χ4n) is 2.40. The first kappa shape index (κ1) is 15.6. The van der Waals surface area contributed by atoms with E-state index in [9.17, 15) is 8.42 Å². The number of anilines is 1. The van der Waals surface area contributed by atoms with Crippen molar-refractivity contribution in [3.63, 3.8) is 0 Å². The first-order valence-electron chi connectivity index (χ1n) is 6.97. The number of sulfonamides is 1. The Kier molecular flexibility index (Phi) is 5.29. The monoisotopic (exact) mass is 316 g/mol. The maximum Gasteiger partial charge on any atom is 0.232 e. The fraction of sp³-hybridized carbons (Fsp3) is 0.571. The lowest BCUT2D eigenvalue weighted by Gasteiger charge is -2.23. The van der Waals surface area contributed by atoms with Crippen LogP contribution in [0, 0.1) is 6.92 Å². The van der Waals surface area contributed by atoms with Crippen molar-refractivity contribution in [3.8, 4) is 0 Å². The highest BCUT2D eigenvalue weighted by Gasteiger charge is 2.18. The van der Waals surface area contributed by atoms with Crippen LogP contribution in [0.5, 0.6) is 0 Å². The fourth-order valence-corrected chi connectivity index (χ4v) is 3.83. The van der Waals surface area contributed by atoms with E-state index < -0.39 is 10.0 Å². The molecule has 6 heteroatoms. The summed E-state index contributed by atoms with van der Waals surface area (Å²) in [6.07, 6.45) is 4.07. The van der Waals surface area contributed by atoms with Crippen LogP contribution < -0.4 is 10.0 Å². The lowest BCUT2D eigenvalue weighted by atomic mass is 10.0. The van der Waals surface area contributed by atoms with Crippen LogP contribution in [0.4, 0.5) is 5.69 Å². The van der Waals surface area contributed by atoms with Crippen molar-refractivity contribution in [2.24, 2.45) is 0 Å². The molecule has 0 amide bonds. The van der Waals surface area contributed by atoms with Crippen molar-refractivity contribution in [2.45, 2.75) is 38.6 Å².